The second kappa shape index (κ2) is 12.0. The van der Waals surface area contributed by atoms with Crippen LogP contribution in [0.4, 0.5) is 0 Å². The van der Waals surface area contributed by atoms with Gasteiger partial charge in [0.25, 0.3) is 0 Å². The van der Waals surface area contributed by atoms with Crippen LogP contribution in [0.3, 0.4) is 0 Å². The standard InChI is InChI=1S/C20H36/c1-6-9-10-11-12-13-14-15-18-20(5,17-8-3)19(4)16-7-2/h7-8H,2-4,6,9-18H2,1,5H3. The van der Waals surface area contributed by atoms with Crippen LogP contribution >= 0.6 is 0 Å². The van der Waals surface area contributed by atoms with Gasteiger partial charge in [-0.3, -0.25) is 0 Å². The molecule has 0 saturated carbocycles. The molecule has 0 saturated heterocycles. The lowest BCUT2D eigenvalue weighted by molar-refractivity contribution is 0.345. The normalized spacial score (nSPS) is 13.7. The molecule has 1 unspecified atom stereocenters. The number of allylic oxidation sites excluding steroid dienone is 3. The fraction of sp³-hybridized carbons (Fsp3) is 0.700. The van der Waals surface area contributed by atoms with Gasteiger partial charge in [0.1, 0.15) is 0 Å². The molecule has 20 heavy (non-hydrogen) atoms. The van der Waals surface area contributed by atoms with Gasteiger partial charge in [-0.1, -0.05) is 89.5 Å². The van der Waals surface area contributed by atoms with E-state index in [9.17, 15) is 0 Å². The lowest BCUT2D eigenvalue weighted by Crippen LogP contribution is -2.18. The average Bonchev–Trinajstić information content (AvgIpc) is 2.42. The van der Waals surface area contributed by atoms with E-state index in [0.29, 0.717) is 0 Å². The number of hydrogen-bond donors (Lipinski definition) is 0. The molecular formula is C20H36. The minimum atomic E-state index is 0.220. The first-order valence-corrected chi connectivity index (χ1v) is 8.50. The maximum Gasteiger partial charge on any atom is -0.00816 e. The van der Waals surface area contributed by atoms with Crippen molar-refractivity contribution in [2.75, 3.05) is 0 Å². The highest BCUT2D eigenvalue weighted by Crippen LogP contribution is 2.38. The fourth-order valence-electron chi connectivity index (χ4n) is 2.81. The number of unbranched alkanes of at least 4 members (excludes halogenated alkanes) is 7. The lowest BCUT2D eigenvalue weighted by atomic mass is 9.74. The van der Waals surface area contributed by atoms with Gasteiger partial charge in [0.05, 0.1) is 0 Å². The summed E-state index contributed by atoms with van der Waals surface area (Å²) in [5, 5.41) is 0. The Balaban J connectivity index is 3.88. The monoisotopic (exact) mass is 276 g/mol. The van der Waals surface area contributed by atoms with E-state index in [1.165, 1.54) is 63.4 Å². The minimum Gasteiger partial charge on any atom is -0.103 e. The molecule has 0 aliphatic carbocycles. The van der Waals surface area contributed by atoms with Crippen molar-refractivity contribution in [3.8, 4) is 0 Å². The van der Waals surface area contributed by atoms with Crippen LogP contribution in [-0.4, -0.2) is 0 Å². The second-order valence-corrected chi connectivity index (χ2v) is 6.37. The Bertz CT molecular complexity index is 274. The van der Waals surface area contributed by atoms with Crippen molar-refractivity contribution in [1.29, 1.82) is 0 Å². The van der Waals surface area contributed by atoms with Crippen LogP contribution in [0.15, 0.2) is 37.5 Å². The summed E-state index contributed by atoms with van der Waals surface area (Å²) in [7, 11) is 0. The number of rotatable bonds is 14. The van der Waals surface area contributed by atoms with Crippen molar-refractivity contribution in [1.82, 2.24) is 0 Å². The summed E-state index contributed by atoms with van der Waals surface area (Å²) in [5.74, 6) is 0. The first-order chi connectivity index (χ1) is 9.60. The van der Waals surface area contributed by atoms with Gasteiger partial charge < -0.3 is 0 Å². The molecule has 0 nitrogen and oxygen atoms in total. The zero-order chi connectivity index (χ0) is 15.3. The maximum absolute atomic E-state index is 4.26. The molecule has 0 radical (unpaired) electrons. The summed E-state index contributed by atoms with van der Waals surface area (Å²) in [5.41, 5.74) is 1.54. The van der Waals surface area contributed by atoms with E-state index in [4.69, 9.17) is 0 Å². The first kappa shape index (κ1) is 19.2. The van der Waals surface area contributed by atoms with E-state index in [0.717, 1.165) is 12.8 Å². The van der Waals surface area contributed by atoms with Gasteiger partial charge in [0, 0.05) is 0 Å². The van der Waals surface area contributed by atoms with Crippen molar-refractivity contribution in [3.05, 3.63) is 37.5 Å². The van der Waals surface area contributed by atoms with Crippen molar-refractivity contribution < 1.29 is 0 Å². The van der Waals surface area contributed by atoms with Gasteiger partial charge in [-0.05, 0) is 24.7 Å². The molecule has 116 valence electrons. The third-order valence-corrected chi connectivity index (χ3v) is 4.42. The Morgan fingerprint density at radius 1 is 0.900 bits per heavy atom. The third-order valence-electron chi connectivity index (χ3n) is 4.42. The smallest absolute Gasteiger partial charge is 0.00816 e. The summed E-state index contributed by atoms with van der Waals surface area (Å²) in [6, 6.07) is 0. The van der Waals surface area contributed by atoms with Crippen LogP contribution in [0.25, 0.3) is 0 Å². The highest BCUT2D eigenvalue weighted by molar-refractivity contribution is 5.13. The molecule has 0 bridgehead atoms. The van der Waals surface area contributed by atoms with Crippen LogP contribution in [-0.2, 0) is 0 Å². The van der Waals surface area contributed by atoms with Crippen LogP contribution in [0, 0.1) is 5.41 Å². The Labute approximate surface area is 128 Å². The van der Waals surface area contributed by atoms with Crippen molar-refractivity contribution in [3.63, 3.8) is 0 Å². The highest BCUT2D eigenvalue weighted by atomic mass is 14.3. The highest BCUT2D eigenvalue weighted by Gasteiger charge is 2.24. The van der Waals surface area contributed by atoms with Gasteiger partial charge in [-0.2, -0.15) is 0 Å². The van der Waals surface area contributed by atoms with Crippen molar-refractivity contribution >= 4 is 0 Å². The molecular weight excluding hydrogens is 240 g/mol. The predicted octanol–water partition coefficient (Wildman–Crippen LogP) is 7.23. The van der Waals surface area contributed by atoms with E-state index < -0.39 is 0 Å². The molecule has 0 aliphatic rings. The molecule has 0 aliphatic heterocycles. The van der Waals surface area contributed by atoms with Gasteiger partial charge >= 0.3 is 0 Å². The molecule has 0 heteroatoms. The average molecular weight is 277 g/mol. The quantitative estimate of drug-likeness (QED) is 0.232. The first-order valence-electron chi connectivity index (χ1n) is 8.50. The van der Waals surface area contributed by atoms with Crippen LogP contribution in [0.1, 0.15) is 84.5 Å². The van der Waals surface area contributed by atoms with Gasteiger partial charge in [-0.15, -0.1) is 13.2 Å². The topological polar surface area (TPSA) is 0 Å². The summed E-state index contributed by atoms with van der Waals surface area (Å²) < 4.78 is 0. The molecule has 0 N–H and O–H groups in total. The maximum atomic E-state index is 4.26. The van der Waals surface area contributed by atoms with Crippen LogP contribution < -0.4 is 0 Å². The Morgan fingerprint density at radius 2 is 1.45 bits per heavy atom. The van der Waals surface area contributed by atoms with Crippen molar-refractivity contribution in [2.45, 2.75) is 84.5 Å². The number of hydrogen-bond acceptors (Lipinski definition) is 0. The van der Waals surface area contributed by atoms with Crippen molar-refractivity contribution in [2.24, 2.45) is 5.41 Å². The van der Waals surface area contributed by atoms with E-state index in [-0.39, 0.29) is 5.41 Å². The summed E-state index contributed by atoms with van der Waals surface area (Å²) in [6.45, 7) is 16.6. The lowest BCUT2D eigenvalue weighted by Gasteiger charge is -2.31. The molecule has 0 amide bonds. The Hall–Kier alpha value is -0.780. The Morgan fingerprint density at radius 3 is 1.95 bits per heavy atom. The molecule has 0 fully saturated rings. The summed E-state index contributed by atoms with van der Waals surface area (Å²) in [4.78, 5) is 0. The summed E-state index contributed by atoms with van der Waals surface area (Å²) in [6.07, 6.45) is 18.3. The van der Waals surface area contributed by atoms with Crippen LogP contribution in [0.2, 0.25) is 0 Å². The molecule has 0 rings (SSSR count). The zero-order valence-corrected chi connectivity index (χ0v) is 14.1. The molecule has 1 atom stereocenters. The summed E-state index contributed by atoms with van der Waals surface area (Å²) >= 11 is 0. The minimum absolute atomic E-state index is 0.220. The zero-order valence-electron chi connectivity index (χ0n) is 14.1. The third kappa shape index (κ3) is 8.40. The van der Waals surface area contributed by atoms with Gasteiger partial charge in [-0.25, -0.2) is 0 Å². The van der Waals surface area contributed by atoms with E-state index in [2.05, 4.69) is 33.6 Å². The predicted molar refractivity (Wildman–Crippen MR) is 94.1 cm³/mol. The van der Waals surface area contributed by atoms with E-state index in [1.54, 1.807) is 0 Å². The molecule has 0 aromatic rings. The Kier molecular flexibility index (Phi) is 11.5. The van der Waals surface area contributed by atoms with Gasteiger partial charge in [0.2, 0.25) is 0 Å². The SMILES string of the molecule is C=CCC(=C)C(C)(CC=C)CCCCCCCCCC. The molecule has 0 spiro atoms. The van der Waals surface area contributed by atoms with Crippen LogP contribution in [0.5, 0.6) is 0 Å². The molecule has 0 aromatic carbocycles. The van der Waals surface area contributed by atoms with Gasteiger partial charge in [0.15, 0.2) is 0 Å². The van der Waals surface area contributed by atoms with E-state index in [1.807, 2.05) is 12.2 Å². The fourth-order valence-corrected chi connectivity index (χ4v) is 2.81. The van der Waals surface area contributed by atoms with E-state index >= 15 is 0 Å². The molecule has 0 aromatic heterocycles. The largest absolute Gasteiger partial charge is 0.103 e. The molecule has 0 heterocycles. The second-order valence-electron chi connectivity index (χ2n) is 6.37.